The van der Waals surface area contributed by atoms with E-state index in [2.05, 4.69) is 0 Å². The smallest absolute Gasteiger partial charge is 0.419 e. The number of benzene rings is 3. The number of carboxylic acid groups (broad SMARTS) is 1. The number of ether oxygens (including phenoxy) is 3. The van der Waals surface area contributed by atoms with Gasteiger partial charge in [0, 0.05) is 18.9 Å². The number of anilines is 2. The second kappa shape index (κ2) is 10.8. The van der Waals surface area contributed by atoms with Crippen LogP contribution in [0.15, 0.2) is 66.4 Å². The van der Waals surface area contributed by atoms with E-state index in [9.17, 15) is 29.4 Å². The first-order valence-corrected chi connectivity index (χ1v) is 14.1. The van der Waals surface area contributed by atoms with Crippen LogP contribution in [0.5, 0.6) is 17.2 Å². The fourth-order valence-electron chi connectivity index (χ4n) is 6.26. The summed E-state index contributed by atoms with van der Waals surface area (Å²) in [7, 11) is 0. The van der Waals surface area contributed by atoms with Gasteiger partial charge >= 0.3 is 18.0 Å². The molecule has 0 saturated carbocycles. The molecule has 1 fully saturated rings. The van der Waals surface area contributed by atoms with Crippen LogP contribution in [0.4, 0.5) is 16.2 Å². The van der Waals surface area contributed by atoms with E-state index in [1.165, 1.54) is 29.7 Å². The minimum atomic E-state index is -1.20. The van der Waals surface area contributed by atoms with Crippen LogP contribution in [0, 0.1) is 18.8 Å². The number of rotatable bonds is 6. The molecule has 0 unspecified atom stereocenters. The third-order valence-corrected chi connectivity index (χ3v) is 8.19. The van der Waals surface area contributed by atoms with Crippen molar-refractivity contribution in [3.8, 4) is 17.2 Å². The number of carboxylic acids is 1. The quantitative estimate of drug-likeness (QED) is 0.224. The molecule has 3 aromatic carbocycles. The van der Waals surface area contributed by atoms with Crippen LogP contribution in [0.25, 0.3) is 5.57 Å². The number of amides is 2. The molecule has 226 valence electrons. The van der Waals surface area contributed by atoms with E-state index in [-0.39, 0.29) is 24.0 Å². The van der Waals surface area contributed by atoms with Crippen molar-refractivity contribution in [2.24, 2.45) is 11.8 Å². The van der Waals surface area contributed by atoms with Crippen molar-refractivity contribution in [2.45, 2.75) is 46.4 Å². The summed E-state index contributed by atoms with van der Waals surface area (Å²) >= 11 is 0. The maximum atomic E-state index is 13.5. The molecule has 0 aliphatic carbocycles. The Balaban J connectivity index is 1.23. The van der Waals surface area contributed by atoms with Crippen LogP contribution < -0.4 is 14.4 Å². The molecule has 2 N–H and O–H groups in total. The molecule has 0 spiro atoms. The van der Waals surface area contributed by atoms with E-state index in [0.717, 1.165) is 5.56 Å². The number of esters is 1. The molecule has 1 saturated heterocycles. The lowest BCUT2D eigenvalue weighted by atomic mass is 9.77. The zero-order chi connectivity index (χ0) is 31.4. The summed E-state index contributed by atoms with van der Waals surface area (Å²) in [4.78, 5) is 52.5. The van der Waals surface area contributed by atoms with Gasteiger partial charge in [-0.25, -0.2) is 14.5 Å². The minimum absolute atomic E-state index is 0.0691. The van der Waals surface area contributed by atoms with Gasteiger partial charge < -0.3 is 29.3 Å². The highest BCUT2D eigenvalue weighted by atomic mass is 16.6. The molecular formula is C33H30N2O9. The number of fused-ring (bicyclic) bond motifs is 3. The summed E-state index contributed by atoms with van der Waals surface area (Å²) in [5.41, 5.74) is 3.57. The largest absolute Gasteiger partial charge is 0.477 e. The molecule has 0 radical (unpaired) electrons. The van der Waals surface area contributed by atoms with Crippen molar-refractivity contribution >= 4 is 40.9 Å². The van der Waals surface area contributed by atoms with Crippen molar-refractivity contribution in [3.63, 3.8) is 0 Å². The van der Waals surface area contributed by atoms with E-state index >= 15 is 0 Å². The van der Waals surface area contributed by atoms with Gasteiger partial charge in [-0.05, 0) is 60.4 Å². The fourth-order valence-corrected chi connectivity index (χ4v) is 6.26. The monoisotopic (exact) mass is 598 g/mol. The number of hydrogen-bond acceptors (Lipinski definition) is 8. The Bertz CT molecular complexity index is 1740. The van der Waals surface area contributed by atoms with Gasteiger partial charge in [-0.15, -0.1) is 0 Å². The van der Waals surface area contributed by atoms with Crippen LogP contribution in [-0.2, 0) is 25.7 Å². The molecular weight excluding hydrogens is 568 g/mol. The molecule has 11 nitrogen and oxygen atoms in total. The molecule has 4 atom stereocenters. The highest BCUT2D eigenvalue weighted by Crippen LogP contribution is 2.51. The Morgan fingerprint density at radius 3 is 2.30 bits per heavy atom. The lowest BCUT2D eigenvalue weighted by molar-refractivity contribution is -0.163. The number of carbonyl (C=O) groups excluding carboxylic acids is 3. The van der Waals surface area contributed by atoms with Crippen molar-refractivity contribution in [1.29, 1.82) is 0 Å². The first-order chi connectivity index (χ1) is 21.0. The Morgan fingerprint density at radius 1 is 1.00 bits per heavy atom. The van der Waals surface area contributed by atoms with Crippen molar-refractivity contribution in [3.05, 3.63) is 83.1 Å². The summed E-state index contributed by atoms with van der Waals surface area (Å²) in [6.07, 6.45) is -1.54. The molecule has 3 aliphatic heterocycles. The van der Waals surface area contributed by atoms with Crippen LogP contribution in [-0.4, -0.2) is 51.2 Å². The molecule has 44 heavy (non-hydrogen) atoms. The Labute approximate surface area is 252 Å². The van der Waals surface area contributed by atoms with Gasteiger partial charge in [-0.2, -0.15) is 0 Å². The first-order valence-electron chi connectivity index (χ1n) is 14.1. The van der Waals surface area contributed by atoms with Crippen LogP contribution in [0.1, 0.15) is 37.5 Å². The molecule has 3 aliphatic rings. The topological polar surface area (TPSA) is 143 Å². The van der Waals surface area contributed by atoms with Crippen LogP contribution in [0.2, 0.25) is 0 Å². The summed E-state index contributed by atoms with van der Waals surface area (Å²) in [5.74, 6) is -2.00. The van der Waals surface area contributed by atoms with Gasteiger partial charge in [0.05, 0.1) is 29.4 Å². The predicted octanol–water partition coefficient (Wildman–Crippen LogP) is 5.15. The van der Waals surface area contributed by atoms with Gasteiger partial charge in [0.25, 0.3) is 0 Å². The molecule has 0 bridgehead atoms. The molecule has 2 amide bonds. The van der Waals surface area contributed by atoms with E-state index in [1.54, 1.807) is 48.5 Å². The standard InChI is InChI=1S/C33H30N2O9/c1-16-5-11-23-25(13-16)44-26-14-22(43-19(4)37)10-12-24(26)34(23)33(41)42-15-20-6-8-21(9-7-20)27-17(2)29-28(18(3)36)31(38)35(29)30(27)32(39)40/h5-14,17-18,28-29,36H,15H2,1-4H3,(H,39,40)/t17-,18+,28+,29+/m0/s1. The van der Waals surface area contributed by atoms with Crippen molar-refractivity contribution in [2.75, 3.05) is 4.90 Å². The fraction of sp³-hybridized carbons (Fsp3) is 0.273. The zero-order valence-corrected chi connectivity index (χ0v) is 24.4. The predicted molar refractivity (Wildman–Crippen MR) is 157 cm³/mol. The van der Waals surface area contributed by atoms with E-state index in [4.69, 9.17) is 14.2 Å². The van der Waals surface area contributed by atoms with Crippen LogP contribution >= 0.6 is 0 Å². The molecule has 6 rings (SSSR count). The number of nitrogens with zero attached hydrogens (tertiary/aromatic N) is 2. The maximum Gasteiger partial charge on any atom is 0.419 e. The summed E-state index contributed by atoms with van der Waals surface area (Å²) in [6, 6.07) is 16.6. The molecule has 11 heteroatoms. The number of aliphatic carboxylic acids is 1. The number of aryl methyl sites for hydroxylation is 1. The second-order valence-electron chi connectivity index (χ2n) is 11.2. The average molecular weight is 599 g/mol. The van der Waals surface area contributed by atoms with Crippen molar-refractivity contribution in [1.82, 2.24) is 4.90 Å². The van der Waals surface area contributed by atoms with Crippen LogP contribution in [0.3, 0.4) is 0 Å². The summed E-state index contributed by atoms with van der Waals surface area (Å²) in [6.45, 7) is 6.51. The summed E-state index contributed by atoms with van der Waals surface area (Å²) in [5, 5.41) is 20.1. The highest BCUT2D eigenvalue weighted by molar-refractivity contribution is 6.06. The summed E-state index contributed by atoms with van der Waals surface area (Å²) < 4.78 is 16.9. The maximum absolute atomic E-state index is 13.5. The number of aliphatic hydroxyl groups excluding tert-OH is 1. The van der Waals surface area contributed by atoms with Gasteiger partial charge in [-0.3, -0.25) is 9.59 Å². The van der Waals surface area contributed by atoms with Gasteiger partial charge in [0.15, 0.2) is 11.5 Å². The second-order valence-corrected chi connectivity index (χ2v) is 11.2. The SMILES string of the molecule is CC(=O)Oc1ccc2c(c1)Oc1cc(C)ccc1N2C(=O)OCc1ccc(C2=C(C(=O)O)N3C(=O)[C@H]([C@@H](C)O)[C@H]3[C@H]2C)cc1. The Hall–Kier alpha value is -5.16. The lowest BCUT2D eigenvalue weighted by Crippen LogP contribution is -2.63. The third kappa shape index (κ3) is 4.75. The zero-order valence-electron chi connectivity index (χ0n) is 24.4. The first kappa shape index (κ1) is 28.9. The van der Waals surface area contributed by atoms with Gasteiger partial charge in [0.1, 0.15) is 18.1 Å². The average Bonchev–Trinajstić information content (AvgIpc) is 3.22. The van der Waals surface area contributed by atoms with Crippen molar-refractivity contribution < 1.29 is 43.6 Å². The van der Waals surface area contributed by atoms with E-state index in [0.29, 0.717) is 39.6 Å². The minimum Gasteiger partial charge on any atom is -0.477 e. The number of β-lactam (4-membered cyclic amide) rings is 1. The lowest BCUT2D eigenvalue weighted by Gasteiger charge is -2.46. The molecule has 0 aromatic heterocycles. The number of carbonyl (C=O) groups is 4. The van der Waals surface area contributed by atoms with E-state index in [1.807, 2.05) is 19.9 Å². The van der Waals surface area contributed by atoms with Gasteiger partial charge in [0.2, 0.25) is 5.91 Å². The number of hydrogen-bond donors (Lipinski definition) is 2. The molecule has 3 heterocycles. The Kier molecular flexibility index (Phi) is 7.13. The van der Waals surface area contributed by atoms with Gasteiger partial charge in [-0.1, -0.05) is 37.3 Å². The van der Waals surface area contributed by atoms with E-state index < -0.39 is 42.0 Å². The number of aliphatic hydroxyl groups is 1. The Morgan fingerprint density at radius 2 is 1.66 bits per heavy atom. The highest BCUT2D eigenvalue weighted by Gasteiger charge is 2.60. The third-order valence-electron chi connectivity index (χ3n) is 8.19. The normalized spacial score (nSPS) is 20.6. The molecule has 3 aromatic rings.